The number of carbonyl (C=O) groups excluding carboxylic acids is 1. The van der Waals surface area contributed by atoms with Crippen molar-refractivity contribution in [2.24, 2.45) is 0 Å². The fraction of sp³-hybridized carbons (Fsp3) is 0.636. The average molecular weight is 275 g/mol. The number of piperazine rings is 1. The molecule has 1 aliphatic rings. The Labute approximate surface area is 112 Å². The number of hydrogen-bond donors (Lipinski definition) is 2. The minimum absolute atomic E-state index is 0. The molecule has 6 nitrogen and oxygen atoms in total. The van der Waals surface area contributed by atoms with E-state index in [9.17, 15) is 4.79 Å². The smallest absolute Gasteiger partial charge is 0.289 e. The highest BCUT2D eigenvalue weighted by molar-refractivity contribution is 5.91. The van der Waals surface area contributed by atoms with Crippen LogP contribution in [0.3, 0.4) is 0 Å². The topological polar surface area (TPSA) is 70.4 Å². The molecule has 7 heteroatoms. The van der Waals surface area contributed by atoms with Gasteiger partial charge in [0.2, 0.25) is 5.76 Å². The lowest BCUT2D eigenvalue weighted by atomic mass is 10.3. The number of nitrogens with one attached hydrogen (secondary N) is 2. The molecule has 1 fully saturated rings. The predicted octanol–water partition coefficient (Wildman–Crippen LogP) is 0.0398. The molecule has 102 valence electrons. The largest absolute Gasteiger partial charge is 0.351 e. The van der Waals surface area contributed by atoms with E-state index in [1.807, 2.05) is 0 Å². The molecule has 2 N–H and O–H groups in total. The van der Waals surface area contributed by atoms with Crippen LogP contribution in [0, 0.1) is 6.92 Å². The van der Waals surface area contributed by atoms with Crippen LogP contribution in [0.4, 0.5) is 0 Å². The van der Waals surface area contributed by atoms with Crippen molar-refractivity contribution >= 4 is 18.3 Å². The zero-order valence-electron chi connectivity index (χ0n) is 10.4. The summed E-state index contributed by atoms with van der Waals surface area (Å²) in [5.74, 6) is 0.0866. The van der Waals surface area contributed by atoms with Crippen molar-refractivity contribution in [1.29, 1.82) is 0 Å². The Bertz CT molecular complexity index is 377. The Balaban J connectivity index is 0.00000162. The highest BCUT2D eigenvalue weighted by atomic mass is 35.5. The number of amides is 1. The molecule has 0 bridgehead atoms. The molecule has 1 saturated heterocycles. The van der Waals surface area contributed by atoms with Crippen LogP contribution in [0.25, 0.3) is 0 Å². The molecule has 1 aromatic heterocycles. The molecule has 2 heterocycles. The number of carbonyl (C=O) groups is 1. The monoisotopic (exact) mass is 274 g/mol. The SMILES string of the molecule is Cc1cc(C(=O)NCCN2CCNCC2)on1.Cl. The molecule has 1 aliphatic heterocycles. The van der Waals surface area contributed by atoms with Crippen LogP contribution >= 0.6 is 12.4 Å². The van der Waals surface area contributed by atoms with E-state index < -0.39 is 0 Å². The number of rotatable bonds is 4. The third-order valence-electron chi connectivity index (χ3n) is 2.77. The van der Waals surface area contributed by atoms with Gasteiger partial charge in [0.1, 0.15) is 0 Å². The summed E-state index contributed by atoms with van der Waals surface area (Å²) in [5.41, 5.74) is 0.720. The van der Waals surface area contributed by atoms with Crippen LogP contribution in [-0.4, -0.2) is 55.2 Å². The maximum absolute atomic E-state index is 11.6. The van der Waals surface area contributed by atoms with Gasteiger partial charge in [0.15, 0.2) is 0 Å². The van der Waals surface area contributed by atoms with Gasteiger partial charge in [-0.15, -0.1) is 12.4 Å². The summed E-state index contributed by atoms with van der Waals surface area (Å²) in [4.78, 5) is 13.9. The molecule has 0 radical (unpaired) electrons. The number of aromatic nitrogens is 1. The van der Waals surface area contributed by atoms with Gasteiger partial charge >= 0.3 is 0 Å². The van der Waals surface area contributed by atoms with Gasteiger partial charge in [-0.25, -0.2) is 0 Å². The number of halogens is 1. The minimum atomic E-state index is -0.194. The van der Waals surface area contributed by atoms with Crippen molar-refractivity contribution in [3.63, 3.8) is 0 Å². The van der Waals surface area contributed by atoms with Crippen LogP contribution < -0.4 is 10.6 Å². The van der Waals surface area contributed by atoms with E-state index in [0.717, 1.165) is 38.4 Å². The van der Waals surface area contributed by atoms with Crippen molar-refractivity contribution in [3.05, 3.63) is 17.5 Å². The van der Waals surface area contributed by atoms with E-state index >= 15 is 0 Å². The van der Waals surface area contributed by atoms with Gasteiger partial charge in [-0.05, 0) is 6.92 Å². The van der Waals surface area contributed by atoms with Gasteiger partial charge in [-0.1, -0.05) is 5.16 Å². The van der Waals surface area contributed by atoms with Crippen LogP contribution in [0.5, 0.6) is 0 Å². The van der Waals surface area contributed by atoms with Gasteiger partial charge < -0.3 is 15.2 Å². The van der Waals surface area contributed by atoms with Crippen molar-refractivity contribution in [2.45, 2.75) is 6.92 Å². The fourth-order valence-corrected chi connectivity index (χ4v) is 1.82. The number of hydrogen-bond acceptors (Lipinski definition) is 5. The molecule has 0 unspecified atom stereocenters. The summed E-state index contributed by atoms with van der Waals surface area (Å²) in [6, 6.07) is 1.64. The Morgan fingerprint density at radius 1 is 1.56 bits per heavy atom. The molecule has 0 aliphatic carbocycles. The van der Waals surface area contributed by atoms with Crippen molar-refractivity contribution in [2.75, 3.05) is 39.3 Å². The Morgan fingerprint density at radius 3 is 2.89 bits per heavy atom. The number of nitrogens with zero attached hydrogens (tertiary/aromatic N) is 2. The second-order valence-electron chi connectivity index (χ2n) is 4.18. The first-order valence-electron chi connectivity index (χ1n) is 5.90. The lowest BCUT2D eigenvalue weighted by molar-refractivity contribution is 0.0910. The second-order valence-corrected chi connectivity index (χ2v) is 4.18. The molecule has 0 saturated carbocycles. The van der Waals surface area contributed by atoms with Crippen LogP contribution in [0.1, 0.15) is 16.2 Å². The first-order chi connectivity index (χ1) is 8.25. The van der Waals surface area contributed by atoms with Crippen molar-refractivity contribution in [1.82, 2.24) is 20.7 Å². The van der Waals surface area contributed by atoms with Gasteiger partial charge in [0.05, 0.1) is 5.69 Å². The highest BCUT2D eigenvalue weighted by Gasteiger charge is 2.12. The first kappa shape index (κ1) is 14.9. The Kier molecular flexibility index (Phi) is 6.11. The molecule has 18 heavy (non-hydrogen) atoms. The summed E-state index contributed by atoms with van der Waals surface area (Å²) in [6.45, 7) is 7.43. The Morgan fingerprint density at radius 2 is 2.28 bits per heavy atom. The van der Waals surface area contributed by atoms with Crippen LogP contribution in [0.2, 0.25) is 0 Å². The summed E-state index contributed by atoms with van der Waals surface area (Å²) in [7, 11) is 0. The molecule has 0 atom stereocenters. The van der Waals surface area contributed by atoms with E-state index in [2.05, 4.69) is 20.7 Å². The van der Waals surface area contributed by atoms with Crippen molar-refractivity contribution < 1.29 is 9.32 Å². The maximum Gasteiger partial charge on any atom is 0.289 e. The zero-order valence-corrected chi connectivity index (χ0v) is 11.3. The van der Waals surface area contributed by atoms with Gasteiger partial charge in [-0.3, -0.25) is 9.69 Å². The first-order valence-corrected chi connectivity index (χ1v) is 5.90. The lowest BCUT2D eigenvalue weighted by Crippen LogP contribution is -2.46. The molecule has 0 spiro atoms. The summed E-state index contributed by atoms with van der Waals surface area (Å²) in [5, 5.41) is 9.80. The van der Waals surface area contributed by atoms with Gasteiger partial charge in [0, 0.05) is 45.3 Å². The Hall–Kier alpha value is -1.11. The maximum atomic E-state index is 11.6. The quantitative estimate of drug-likeness (QED) is 0.811. The predicted molar refractivity (Wildman–Crippen MR) is 70.1 cm³/mol. The molecular formula is C11H19ClN4O2. The van der Waals surface area contributed by atoms with E-state index in [1.165, 1.54) is 0 Å². The van der Waals surface area contributed by atoms with Crippen molar-refractivity contribution in [3.8, 4) is 0 Å². The lowest BCUT2D eigenvalue weighted by Gasteiger charge is -2.26. The molecule has 1 amide bonds. The normalized spacial score (nSPS) is 16.1. The minimum Gasteiger partial charge on any atom is -0.351 e. The van der Waals surface area contributed by atoms with Gasteiger partial charge in [-0.2, -0.15) is 0 Å². The zero-order chi connectivity index (χ0) is 12.1. The third kappa shape index (κ3) is 4.29. The van der Waals surface area contributed by atoms with Crippen LogP contribution in [0.15, 0.2) is 10.6 Å². The third-order valence-corrected chi connectivity index (χ3v) is 2.77. The van der Waals surface area contributed by atoms with Crippen LogP contribution in [-0.2, 0) is 0 Å². The molecular weight excluding hydrogens is 256 g/mol. The summed E-state index contributed by atoms with van der Waals surface area (Å²) >= 11 is 0. The molecule has 2 rings (SSSR count). The molecule has 0 aromatic carbocycles. The summed E-state index contributed by atoms with van der Waals surface area (Å²) < 4.78 is 4.88. The second kappa shape index (κ2) is 7.35. The van der Waals surface area contributed by atoms with E-state index in [0.29, 0.717) is 6.54 Å². The fourth-order valence-electron chi connectivity index (χ4n) is 1.82. The highest BCUT2D eigenvalue weighted by Crippen LogP contribution is 2.01. The number of aryl methyl sites for hydroxylation is 1. The van der Waals surface area contributed by atoms with E-state index in [4.69, 9.17) is 4.52 Å². The summed E-state index contributed by atoms with van der Waals surface area (Å²) in [6.07, 6.45) is 0. The average Bonchev–Trinajstić information content (AvgIpc) is 2.77. The standard InChI is InChI=1S/C11H18N4O2.ClH/c1-9-8-10(17-14-9)11(16)13-4-7-15-5-2-12-3-6-15;/h8,12H,2-7H2,1H3,(H,13,16);1H. The van der Waals surface area contributed by atoms with E-state index in [-0.39, 0.29) is 24.1 Å². The molecule has 1 aromatic rings. The van der Waals surface area contributed by atoms with Gasteiger partial charge in [0.25, 0.3) is 5.91 Å². The van der Waals surface area contributed by atoms with E-state index in [1.54, 1.807) is 13.0 Å².